The molecule has 8 aromatic rings. The molecule has 0 spiro atoms. The minimum Gasteiger partial charge on any atom is -0.0622 e. The van der Waals surface area contributed by atoms with Gasteiger partial charge in [-0.05, 0) is 90.2 Å². The van der Waals surface area contributed by atoms with Crippen LogP contribution in [0, 0.1) is 6.92 Å². The van der Waals surface area contributed by atoms with Gasteiger partial charge in [-0.2, -0.15) is 0 Å². The molecule has 8 aromatic carbocycles. The molecule has 0 aliphatic heterocycles. The van der Waals surface area contributed by atoms with Crippen molar-refractivity contribution in [3.05, 3.63) is 216 Å². The van der Waals surface area contributed by atoms with Crippen LogP contribution in [0.3, 0.4) is 0 Å². The molecule has 47 heavy (non-hydrogen) atoms. The third-order valence-electron chi connectivity index (χ3n) is 9.12. The molecule has 0 bridgehead atoms. The summed E-state index contributed by atoms with van der Waals surface area (Å²) in [6.45, 7) is 2.17. The van der Waals surface area contributed by atoms with Gasteiger partial charge in [0.25, 0.3) is 0 Å². The number of rotatable bonds is 6. The molecule has 0 heteroatoms. The van der Waals surface area contributed by atoms with E-state index in [1.165, 1.54) is 82.8 Å². The third kappa shape index (κ3) is 5.35. The Balaban J connectivity index is 1.45. The van der Waals surface area contributed by atoms with Crippen molar-refractivity contribution in [2.45, 2.75) is 6.92 Å². The van der Waals surface area contributed by atoms with Gasteiger partial charge in [-0.3, -0.25) is 0 Å². The van der Waals surface area contributed by atoms with E-state index in [2.05, 4.69) is 195 Å². The van der Waals surface area contributed by atoms with Crippen LogP contribution in [0.15, 0.2) is 188 Å². The molecule has 0 radical (unpaired) electrons. The highest BCUT2D eigenvalue weighted by molar-refractivity contribution is 6.21. The quantitative estimate of drug-likeness (QED) is 0.132. The number of aryl methyl sites for hydroxylation is 1. The fraction of sp³-hybridized carbons (Fsp3) is 0.0213. The second-order valence-electron chi connectivity index (χ2n) is 12.1. The SMILES string of the molecule is Cc1cccc(-c2c3ccccc3c(-c3cccc(C(=C(c4ccccc4)c4ccccc4)c4ccccc4)c3)c3ccccc23)c1. The molecule has 0 fully saturated rings. The van der Waals surface area contributed by atoms with Crippen LogP contribution in [0.1, 0.15) is 27.8 Å². The molecule has 0 aliphatic rings. The van der Waals surface area contributed by atoms with Crippen LogP contribution in [0.4, 0.5) is 0 Å². The second-order valence-corrected chi connectivity index (χ2v) is 12.1. The minimum absolute atomic E-state index is 1.19. The Morgan fingerprint density at radius 1 is 0.298 bits per heavy atom. The molecular formula is C47H34. The molecule has 0 amide bonds. The summed E-state index contributed by atoms with van der Waals surface area (Å²) in [6.07, 6.45) is 0. The standard InChI is InChI=1S/C47H34/c1-33-17-15-24-37(31-33)46-40-27-11-13-29-42(40)47(43-30-14-12-28-41(43)46)39-26-16-25-38(32-39)45(36-22-9-4-10-23-36)44(34-18-5-2-6-19-34)35-20-7-3-8-21-35/h2-32H,1H3. The van der Waals surface area contributed by atoms with Crippen LogP contribution in [-0.4, -0.2) is 0 Å². The van der Waals surface area contributed by atoms with Gasteiger partial charge in [0, 0.05) is 0 Å². The molecule has 0 atom stereocenters. The highest BCUT2D eigenvalue weighted by Gasteiger charge is 2.19. The minimum atomic E-state index is 1.19. The average Bonchev–Trinajstić information content (AvgIpc) is 3.14. The van der Waals surface area contributed by atoms with Crippen molar-refractivity contribution in [1.29, 1.82) is 0 Å². The first-order valence-electron chi connectivity index (χ1n) is 16.3. The molecule has 0 saturated heterocycles. The lowest BCUT2D eigenvalue weighted by Gasteiger charge is -2.20. The summed E-state index contributed by atoms with van der Waals surface area (Å²) >= 11 is 0. The average molecular weight is 599 g/mol. The molecular weight excluding hydrogens is 565 g/mol. The van der Waals surface area contributed by atoms with Crippen molar-refractivity contribution in [3.63, 3.8) is 0 Å². The zero-order chi connectivity index (χ0) is 31.6. The van der Waals surface area contributed by atoms with Gasteiger partial charge in [0.05, 0.1) is 0 Å². The highest BCUT2D eigenvalue weighted by atomic mass is 14.2. The molecule has 0 aromatic heterocycles. The maximum Gasteiger partial charge on any atom is -0.00262 e. The Labute approximate surface area is 276 Å². The summed E-state index contributed by atoms with van der Waals surface area (Å²) in [5, 5.41) is 5.06. The van der Waals surface area contributed by atoms with Gasteiger partial charge < -0.3 is 0 Å². The lowest BCUT2D eigenvalue weighted by molar-refractivity contribution is 1.47. The summed E-state index contributed by atoms with van der Waals surface area (Å²) in [5.41, 5.74) is 13.5. The topological polar surface area (TPSA) is 0 Å². The molecule has 0 nitrogen and oxygen atoms in total. The van der Waals surface area contributed by atoms with Crippen molar-refractivity contribution < 1.29 is 0 Å². The van der Waals surface area contributed by atoms with Crippen molar-refractivity contribution >= 4 is 32.7 Å². The maximum atomic E-state index is 2.40. The van der Waals surface area contributed by atoms with E-state index in [1.54, 1.807) is 0 Å². The fourth-order valence-corrected chi connectivity index (χ4v) is 7.11. The van der Waals surface area contributed by atoms with Crippen LogP contribution < -0.4 is 0 Å². The van der Waals surface area contributed by atoms with E-state index in [-0.39, 0.29) is 0 Å². The van der Waals surface area contributed by atoms with E-state index in [0.29, 0.717) is 0 Å². The van der Waals surface area contributed by atoms with Crippen LogP contribution in [-0.2, 0) is 0 Å². The molecule has 0 saturated carbocycles. The molecule has 0 aliphatic carbocycles. The Hall–Kier alpha value is -5.98. The fourth-order valence-electron chi connectivity index (χ4n) is 7.11. The Bertz CT molecular complexity index is 2280. The van der Waals surface area contributed by atoms with Crippen molar-refractivity contribution in [2.75, 3.05) is 0 Å². The number of hydrogen-bond donors (Lipinski definition) is 0. The van der Waals surface area contributed by atoms with E-state index in [9.17, 15) is 0 Å². The zero-order valence-corrected chi connectivity index (χ0v) is 26.4. The van der Waals surface area contributed by atoms with Gasteiger partial charge in [0.15, 0.2) is 0 Å². The van der Waals surface area contributed by atoms with Crippen LogP contribution in [0.2, 0.25) is 0 Å². The van der Waals surface area contributed by atoms with Gasteiger partial charge in [-0.15, -0.1) is 0 Å². The second kappa shape index (κ2) is 12.4. The van der Waals surface area contributed by atoms with E-state index in [1.807, 2.05) is 0 Å². The first kappa shape index (κ1) is 28.5. The predicted molar refractivity (Wildman–Crippen MR) is 201 cm³/mol. The summed E-state index contributed by atoms with van der Waals surface area (Å²) in [4.78, 5) is 0. The number of benzene rings is 8. The van der Waals surface area contributed by atoms with E-state index in [4.69, 9.17) is 0 Å². The molecule has 0 heterocycles. The van der Waals surface area contributed by atoms with Crippen molar-refractivity contribution in [1.82, 2.24) is 0 Å². The van der Waals surface area contributed by atoms with Crippen LogP contribution in [0.25, 0.3) is 54.9 Å². The van der Waals surface area contributed by atoms with Gasteiger partial charge in [0.2, 0.25) is 0 Å². The van der Waals surface area contributed by atoms with Gasteiger partial charge in [-0.25, -0.2) is 0 Å². The Kier molecular flexibility index (Phi) is 7.53. The smallest absolute Gasteiger partial charge is 0.00262 e. The molecule has 222 valence electrons. The van der Waals surface area contributed by atoms with Crippen molar-refractivity contribution in [3.8, 4) is 22.3 Å². The summed E-state index contributed by atoms with van der Waals surface area (Å²) < 4.78 is 0. The van der Waals surface area contributed by atoms with E-state index >= 15 is 0 Å². The molecule has 0 unspecified atom stereocenters. The van der Waals surface area contributed by atoms with Crippen LogP contribution in [0.5, 0.6) is 0 Å². The largest absolute Gasteiger partial charge is 0.0622 e. The summed E-state index contributed by atoms with van der Waals surface area (Å²) in [5.74, 6) is 0. The molecule has 0 N–H and O–H groups in total. The first-order valence-corrected chi connectivity index (χ1v) is 16.3. The normalized spacial score (nSPS) is 11.1. The number of hydrogen-bond acceptors (Lipinski definition) is 0. The first-order chi connectivity index (χ1) is 23.3. The lowest BCUT2D eigenvalue weighted by atomic mass is 9.83. The summed E-state index contributed by atoms with van der Waals surface area (Å²) in [6, 6.07) is 68.3. The predicted octanol–water partition coefficient (Wildman–Crippen LogP) is 12.6. The third-order valence-corrected chi connectivity index (χ3v) is 9.12. The van der Waals surface area contributed by atoms with Gasteiger partial charge in [-0.1, -0.05) is 188 Å². The number of fused-ring (bicyclic) bond motifs is 2. The highest BCUT2D eigenvalue weighted by Crippen LogP contribution is 2.45. The molecule has 8 rings (SSSR count). The Morgan fingerprint density at radius 3 is 1.06 bits per heavy atom. The zero-order valence-electron chi connectivity index (χ0n) is 26.4. The lowest BCUT2D eigenvalue weighted by Crippen LogP contribution is -1.98. The van der Waals surface area contributed by atoms with Gasteiger partial charge >= 0.3 is 0 Å². The maximum absolute atomic E-state index is 2.40. The van der Waals surface area contributed by atoms with Crippen molar-refractivity contribution in [2.24, 2.45) is 0 Å². The van der Waals surface area contributed by atoms with E-state index in [0.717, 1.165) is 0 Å². The van der Waals surface area contributed by atoms with Gasteiger partial charge in [0.1, 0.15) is 0 Å². The Morgan fingerprint density at radius 2 is 0.638 bits per heavy atom. The summed E-state index contributed by atoms with van der Waals surface area (Å²) in [7, 11) is 0. The monoisotopic (exact) mass is 598 g/mol. The van der Waals surface area contributed by atoms with Crippen LogP contribution >= 0.6 is 0 Å². The van der Waals surface area contributed by atoms with E-state index < -0.39 is 0 Å².